The molecule has 0 bridgehead atoms. The van der Waals surface area contributed by atoms with E-state index < -0.39 is 0 Å². The molecule has 3 heteroatoms. The minimum absolute atomic E-state index is 0.139. The van der Waals surface area contributed by atoms with E-state index in [1.807, 2.05) is 31.2 Å². The van der Waals surface area contributed by atoms with Gasteiger partial charge in [-0.25, -0.2) is 0 Å². The Balaban J connectivity index is 2.08. The molecule has 2 aromatic carbocycles. The van der Waals surface area contributed by atoms with Crippen LogP contribution >= 0.6 is 0 Å². The molecule has 0 saturated carbocycles. The molecule has 3 N–H and O–H groups in total. The molecule has 0 aliphatic heterocycles. The molecule has 1 unspecified atom stereocenters. The smallest absolute Gasteiger partial charge is 0.115 e. The first-order chi connectivity index (χ1) is 8.15. The number of nitrogens with one attached hydrogen (secondary N) is 1. The van der Waals surface area contributed by atoms with Crippen molar-refractivity contribution < 1.29 is 10.2 Å². The zero-order valence-corrected chi connectivity index (χ0v) is 9.59. The highest BCUT2D eigenvalue weighted by Gasteiger charge is 2.04. The molecule has 2 rings (SSSR count). The van der Waals surface area contributed by atoms with Gasteiger partial charge in [-0.3, -0.25) is 0 Å². The van der Waals surface area contributed by atoms with Crippen molar-refractivity contribution in [2.75, 3.05) is 5.32 Å². The van der Waals surface area contributed by atoms with Crippen molar-refractivity contribution in [3.63, 3.8) is 0 Å². The Morgan fingerprint density at radius 3 is 1.82 bits per heavy atom. The van der Waals surface area contributed by atoms with Crippen LogP contribution in [0.3, 0.4) is 0 Å². The predicted octanol–water partition coefficient (Wildman–Crippen LogP) is 3.27. The molecule has 1 atom stereocenters. The minimum Gasteiger partial charge on any atom is -0.508 e. The highest BCUT2D eigenvalue weighted by atomic mass is 16.3. The lowest BCUT2D eigenvalue weighted by molar-refractivity contribution is 0.474. The van der Waals surface area contributed by atoms with Crippen LogP contribution in [0.5, 0.6) is 11.5 Å². The molecule has 0 aromatic heterocycles. The van der Waals surface area contributed by atoms with Crippen LogP contribution in [0.4, 0.5) is 5.69 Å². The third kappa shape index (κ3) is 2.91. The highest BCUT2D eigenvalue weighted by molar-refractivity contribution is 5.48. The third-order valence-corrected chi connectivity index (χ3v) is 2.64. The predicted molar refractivity (Wildman–Crippen MR) is 68.3 cm³/mol. The van der Waals surface area contributed by atoms with E-state index in [-0.39, 0.29) is 17.5 Å². The lowest BCUT2D eigenvalue weighted by atomic mass is 10.1. The summed E-state index contributed by atoms with van der Waals surface area (Å²) in [5, 5.41) is 21.7. The number of phenols is 2. The molecule has 3 nitrogen and oxygen atoms in total. The summed E-state index contributed by atoms with van der Waals surface area (Å²) >= 11 is 0. The first-order valence-corrected chi connectivity index (χ1v) is 5.49. The zero-order valence-electron chi connectivity index (χ0n) is 9.59. The van der Waals surface area contributed by atoms with Crippen molar-refractivity contribution in [3.05, 3.63) is 54.1 Å². The van der Waals surface area contributed by atoms with Gasteiger partial charge in [-0.15, -0.1) is 0 Å². The summed E-state index contributed by atoms with van der Waals surface area (Å²) in [6, 6.07) is 14.2. The largest absolute Gasteiger partial charge is 0.508 e. The van der Waals surface area contributed by atoms with Crippen LogP contribution in [0, 0.1) is 0 Å². The first-order valence-electron chi connectivity index (χ1n) is 5.49. The van der Waals surface area contributed by atoms with Gasteiger partial charge in [-0.1, -0.05) is 12.1 Å². The van der Waals surface area contributed by atoms with Crippen molar-refractivity contribution in [1.82, 2.24) is 0 Å². The molecule has 17 heavy (non-hydrogen) atoms. The Morgan fingerprint density at radius 2 is 1.29 bits per heavy atom. The molecule has 0 aliphatic carbocycles. The van der Waals surface area contributed by atoms with Crippen LogP contribution in [-0.2, 0) is 0 Å². The molecule has 0 spiro atoms. The summed E-state index contributed by atoms with van der Waals surface area (Å²) < 4.78 is 0. The van der Waals surface area contributed by atoms with Gasteiger partial charge >= 0.3 is 0 Å². The number of anilines is 1. The molecule has 0 amide bonds. The molecule has 0 heterocycles. The van der Waals surface area contributed by atoms with E-state index in [1.54, 1.807) is 24.3 Å². The average molecular weight is 229 g/mol. The molecule has 0 saturated heterocycles. The molecular weight excluding hydrogens is 214 g/mol. The normalized spacial score (nSPS) is 12.1. The Morgan fingerprint density at radius 1 is 0.824 bits per heavy atom. The van der Waals surface area contributed by atoms with Gasteiger partial charge in [-0.2, -0.15) is 0 Å². The highest BCUT2D eigenvalue weighted by Crippen LogP contribution is 2.22. The lowest BCUT2D eigenvalue weighted by Crippen LogP contribution is -2.05. The Kier molecular flexibility index (Phi) is 3.19. The van der Waals surface area contributed by atoms with Crippen LogP contribution in [0.2, 0.25) is 0 Å². The molecule has 0 fully saturated rings. The van der Waals surface area contributed by atoms with Crippen LogP contribution in [0.1, 0.15) is 18.5 Å². The number of hydrogen-bond acceptors (Lipinski definition) is 3. The van der Waals surface area contributed by atoms with Crippen LogP contribution in [0.15, 0.2) is 48.5 Å². The van der Waals surface area contributed by atoms with E-state index in [4.69, 9.17) is 0 Å². The summed E-state index contributed by atoms with van der Waals surface area (Å²) in [6.07, 6.45) is 0. The summed E-state index contributed by atoms with van der Waals surface area (Å²) in [5.74, 6) is 0.526. The van der Waals surface area contributed by atoms with E-state index in [0.717, 1.165) is 11.3 Å². The maximum Gasteiger partial charge on any atom is 0.115 e. The Hall–Kier alpha value is -2.16. The summed E-state index contributed by atoms with van der Waals surface area (Å²) in [4.78, 5) is 0. The van der Waals surface area contributed by atoms with Crippen molar-refractivity contribution in [3.8, 4) is 11.5 Å². The van der Waals surface area contributed by atoms with Gasteiger partial charge in [0.25, 0.3) is 0 Å². The van der Waals surface area contributed by atoms with E-state index in [1.165, 1.54) is 0 Å². The van der Waals surface area contributed by atoms with Gasteiger partial charge in [0.2, 0.25) is 0 Å². The van der Waals surface area contributed by atoms with Gasteiger partial charge in [-0.05, 0) is 48.9 Å². The van der Waals surface area contributed by atoms with Crippen LogP contribution in [0.25, 0.3) is 0 Å². The van der Waals surface area contributed by atoms with Crippen molar-refractivity contribution in [2.24, 2.45) is 0 Å². The van der Waals surface area contributed by atoms with Crippen molar-refractivity contribution in [1.29, 1.82) is 0 Å². The topological polar surface area (TPSA) is 52.5 Å². The molecular formula is C14H15NO2. The SMILES string of the molecule is CC(Nc1ccc(O)cc1)c1ccc(O)cc1. The molecule has 0 aliphatic rings. The van der Waals surface area contributed by atoms with E-state index in [2.05, 4.69) is 5.32 Å². The Labute approximate surface area is 100 Å². The summed E-state index contributed by atoms with van der Waals surface area (Å²) in [5.41, 5.74) is 2.04. The molecule has 88 valence electrons. The van der Waals surface area contributed by atoms with E-state index in [9.17, 15) is 10.2 Å². The number of hydrogen-bond donors (Lipinski definition) is 3. The summed E-state index contributed by atoms with van der Waals surface area (Å²) in [7, 11) is 0. The summed E-state index contributed by atoms with van der Waals surface area (Å²) in [6.45, 7) is 2.04. The quantitative estimate of drug-likeness (QED) is 0.708. The van der Waals surface area contributed by atoms with Gasteiger partial charge < -0.3 is 15.5 Å². The van der Waals surface area contributed by atoms with Crippen LogP contribution in [-0.4, -0.2) is 10.2 Å². The molecule has 2 aromatic rings. The molecule has 0 radical (unpaired) electrons. The second kappa shape index (κ2) is 4.78. The van der Waals surface area contributed by atoms with Crippen molar-refractivity contribution in [2.45, 2.75) is 13.0 Å². The fraction of sp³-hybridized carbons (Fsp3) is 0.143. The van der Waals surface area contributed by atoms with E-state index >= 15 is 0 Å². The van der Waals surface area contributed by atoms with Crippen molar-refractivity contribution >= 4 is 5.69 Å². The monoisotopic (exact) mass is 229 g/mol. The maximum atomic E-state index is 9.21. The number of phenolic OH excluding ortho intramolecular Hbond substituents is 2. The maximum absolute atomic E-state index is 9.21. The number of aromatic hydroxyl groups is 2. The fourth-order valence-electron chi connectivity index (χ4n) is 1.65. The fourth-order valence-corrected chi connectivity index (χ4v) is 1.65. The number of rotatable bonds is 3. The Bertz CT molecular complexity index is 477. The van der Waals surface area contributed by atoms with Gasteiger partial charge in [0.05, 0.1) is 0 Å². The lowest BCUT2D eigenvalue weighted by Gasteiger charge is -2.15. The first kappa shape index (κ1) is 11.3. The second-order valence-electron chi connectivity index (χ2n) is 4.00. The van der Waals surface area contributed by atoms with Gasteiger partial charge in [0.1, 0.15) is 11.5 Å². The van der Waals surface area contributed by atoms with E-state index in [0.29, 0.717) is 0 Å². The second-order valence-corrected chi connectivity index (χ2v) is 4.00. The third-order valence-electron chi connectivity index (χ3n) is 2.64. The van der Waals surface area contributed by atoms with Gasteiger partial charge in [0.15, 0.2) is 0 Å². The average Bonchev–Trinajstić information content (AvgIpc) is 2.33. The standard InChI is InChI=1S/C14H15NO2/c1-10(11-2-6-13(16)7-3-11)15-12-4-8-14(17)9-5-12/h2-10,15-17H,1H3. The van der Waals surface area contributed by atoms with Crippen LogP contribution < -0.4 is 5.32 Å². The zero-order chi connectivity index (χ0) is 12.3. The number of benzene rings is 2. The van der Waals surface area contributed by atoms with Gasteiger partial charge in [0, 0.05) is 11.7 Å². The minimum atomic E-state index is 0.139.